The van der Waals surface area contributed by atoms with Crippen LogP contribution in [0.2, 0.25) is 0 Å². The van der Waals surface area contributed by atoms with Crippen molar-refractivity contribution >= 4 is 23.5 Å². The molecule has 6 heteroatoms. The normalized spacial score (nSPS) is 19.1. The summed E-state index contributed by atoms with van der Waals surface area (Å²) in [6.45, 7) is 0. The second-order valence-electron chi connectivity index (χ2n) is 6.39. The maximum Gasteiger partial charge on any atom is 0.329 e. The number of anilines is 1. The molecule has 2 fully saturated rings. The van der Waals surface area contributed by atoms with Gasteiger partial charge in [0.25, 0.3) is 5.91 Å². The molecule has 6 nitrogen and oxygen atoms in total. The average Bonchev–Trinajstić information content (AvgIpc) is 3.27. The van der Waals surface area contributed by atoms with Gasteiger partial charge in [-0.1, -0.05) is 18.9 Å². The van der Waals surface area contributed by atoms with Crippen LogP contribution in [0.5, 0.6) is 0 Å². The van der Waals surface area contributed by atoms with E-state index in [1.807, 2.05) is 0 Å². The first-order valence-corrected chi connectivity index (χ1v) is 7.97. The number of hydrogen-bond acceptors (Lipinski definition) is 3. The van der Waals surface area contributed by atoms with E-state index in [0.717, 1.165) is 25.7 Å². The van der Waals surface area contributed by atoms with Crippen molar-refractivity contribution in [3.63, 3.8) is 0 Å². The van der Waals surface area contributed by atoms with Gasteiger partial charge in [0.15, 0.2) is 0 Å². The summed E-state index contributed by atoms with van der Waals surface area (Å²) in [4.78, 5) is 35.7. The highest BCUT2D eigenvalue weighted by Crippen LogP contribution is 2.31. The van der Waals surface area contributed by atoms with Crippen LogP contribution < -0.4 is 10.6 Å². The first-order valence-electron chi connectivity index (χ1n) is 7.97. The molecule has 2 aliphatic carbocycles. The van der Waals surface area contributed by atoms with E-state index >= 15 is 0 Å². The molecule has 0 aliphatic heterocycles. The van der Waals surface area contributed by atoms with Crippen molar-refractivity contribution in [3.8, 4) is 0 Å². The number of hydrogen-bond donors (Lipinski definition) is 3. The fourth-order valence-electron chi connectivity index (χ4n) is 2.99. The Hall–Kier alpha value is -2.37. The number of benzene rings is 1. The number of rotatable bonds is 5. The van der Waals surface area contributed by atoms with Gasteiger partial charge in [-0.25, -0.2) is 4.79 Å². The van der Waals surface area contributed by atoms with E-state index in [1.165, 1.54) is 0 Å². The van der Waals surface area contributed by atoms with Gasteiger partial charge in [0.2, 0.25) is 5.91 Å². The predicted octanol–water partition coefficient (Wildman–Crippen LogP) is 2.16. The van der Waals surface area contributed by atoms with Crippen molar-refractivity contribution in [3.05, 3.63) is 29.8 Å². The number of carbonyl (C=O) groups excluding carboxylic acids is 2. The Kier molecular flexibility index (Phi) is 4.07. The lowest BCUT2D eigenvalue weighted by atomic mass is 9.97. The van der Waals surface area contributed by atoms with Gasteiger partial charge in [-0.3, -0.25) is 9.59 Å². The summed E-state index contributed by atoms with van der Waals surface area (Å²) in [5, 5.41) is 14.9. The average molecular weight is 316 g/mol. The zero-order valence-electron chi connectivity index (χ0n) is 12.8. The van der Waals surface area contributed by atoms with Crippen LogP contribution in [-0.2, 0) is 9.59 Å². The predicted molar refractivity (Wildman–Crippen MR) is 84.1 cm³/mol. The molecule has 0 saturated heterocycles. The third-order valence-corrected chi connectivity index (χ3v) is 4.56. The highest BCUT2D eigenvalue weighted by Gasteiger charge is 2.42. The summed E-state index contributed by atoms with van der Waals surface area (Å²) in [6, 6.07) is 6.60. The summed E-state index contributed by atoms with van der Waals surface area (Å²) in [6.07, 6.45) is 4.31. The Labute approximate surface area is 134 Å². The minimum atomic E-state index is -1.16. The van der Waals surface area contributed by atoms with Crippen LogP contribution in [0.25, 0.3) is 0 Å². The van der Waals surface area contributed by atoms with E-state index in [9.17, 15) is 19.5 Å². The summed E-state index contributed by atoms with van der Waals surface area (Å²) in [7, 11) is 0. The Bertz CT molecular complexity index is 646. The van der Waals surface area contributed by atoms with Crippen LogP contribution in [0.1, 0.15) is 48.9 Å². The molecule has 1 aromatic rings. The molecule has 3 rings (SSSR count). The fourth-order valence-corrected chi connectivity index (χ4v) is 2.99. The highest BCUT2D eigenvalue weighted by molar-refractivity contribution is 6.00. The van der Waals surface area contributed by atoms with Crippen molar-refractivity contribution < 1.29 is 19.5 Å². The van der Waals surface area contributed by atoms with Crippen molar-refractivity contribution in [2.45, 2.75) is 44.1 Å². The lowest BCUT2D eigenvalue weighted by Gasteiger charge is -2.25. The third kappa shape index (κ3) is 3.36. The third-order valence-electron chi connectivity index (χ3n) is 4.56. The Morgan fingerprint density at radius 3 is 2.43 bits per heavy atom. The molecule has 1 aromatic carbocycles. The molecule has 2 saturated carbocycles. The van der Waals surface area contributed by atoms with Crippen molar-refractivity contribution in [1.29, 1.82) is 0 Å². The quantitative estimate of drug-likeness (QED) is 0.775. The fraction of sp³-hybridized carbons (Fsp3) is 0.471. The van der Waals surface area contributed by atoms with E-state index in [2.05, 4.69) is 10.6 Å². The van der Waals surface area contributed by atoms with Gasteiger partial charge < -0.3 is 15.7 Å². The van der Waals surface area contributed by atoms with E-state index in [-0.39, 0.29) is 11.8 Å². The zero-order valence-corrected chi connectivity index (χ0v) is 12.8. The summed E-state index contributed by atoms with van der Waals surface area (Å²) >= 11 is 0. The Balaban J connectivity index is 1.71. The highest BCUT2D eigenvalue weighted by atomic mass is 16.4. The second-order valence-corrected chi connectivity index (χ2v) is 6.39. The van der Waals surface area contributed by atoms with Crippen LogP contribution in [0.15, 0.2) is 24.3 Å². The minimum absolute atomic E-state index is 0.0274. The smallest absolute Gasteiger partial charge is 0.329 e. The molecule has 0 aromatic heterocycles. The first-order chi connectivity index (χ1) is 11.0. The summed E-state index contributed by atoms with van der Waals surface area (Å²) in [5.41, 5.74) is -0.249. The number of carboxylic acids is 1. The largest absolute Gasteiger partial charge is 0.480 e. The Morgan fingerprint density at radius 2 is 1.83 bits per heavy atom. The first kappa shape index (κ1) is 15.5. The SMILES string of the molecule is O=C(NC1(C(=O)O)CCCC1)c1cccc(NC(=O)C2CC2)c1. The van der Waals surface area contributed by atoms with Crippen LogP contribution in [0.4, 0.5) is 5.69 Å². The summed E-state index contributed by atoms with van der Waals surface area (Å²) < 4.78 is 0. The van der Waals surface area contributed by atoms with Crippen LogP contribution >= 0.6 is 0 Å². The molecule has 122 valence electrons. The molecule has 3 N–H and O–H groups in total. The number of carbonyl (C=O) groups is 3. The lowest BCUT2D eigenvalue weighted by molar-refractivity contribution is -0.144. The standard InChI is InChI=1S/C17H20N2O4/c20-14(11-6-7-11)18-13-5-3-4-12(10-13)15(21)19-17(16(22)23)8-1-2-9-17/h3-5,10-11H,1-2,6-9H2,(H,18,20)(H,19,21)(H,22,23). The number of aliphatic carboxylic acids is 1. The minimum Gasteiger partial charge on any atom is -0.480 e. The number of carboxylic acid groups (broad SMARTS) is 1. The topological polar surface area (TPSA) is 95.5 Å². The number of nitrogens with one attached hydrogen (secondary N) is 2. The molecule has 0 unspecified atom stereocenters. The summed E-state index contributed by atoms with van der Waals surface area (Å²) in [5.74, 6) is -1.35. The van der Waals surface area contributed by atoms with Gasteiger partial charge >= 0.3 is 5.97 Å². The molecular weight excluding hydrogens is 296 g/mol. The van der Waals surface area contributed by atoms with E-state index in [4.69, 9.17) is 0 Å². The molecule has 0 heterocycles. The molecule has 2 aliphatic rings. The number of amides is 2. The van der Waals surface area contributed by atoms with Gasteiger partial charge in [0, 0.05) is 17.2 Å². The monoisotopic (exact) mass is 316 g/mol. The second kappa shape index (κ2) is 6.02. The van der Waals surface area contributed by atoms with E-state index < -0.39 is 17.4 Å². The van der Waals surface area contributed by atoms with Crippen LogP contribution in [0, 0.1) is 5.92 Å². The Morgan fingerprint density at radius 1 is 1.13 bits per heavy atom. The van der Waals surface area contributed by atoms with Crippen molar-refractivity contribution in [2.75, 3.05) is 5.32 Å². The molecule has 0 bridgehead atoms. The van der Waals surface area contributed by atoms with E-state index in [0.29, 0.717) is 24.1 Å². The van der Waals surface area contributed by atoms with Gasteiger partial charge in [-0.05, 0) is 43.9 Å². The van der Waals surface area contributed by atoms with Gasteiger partial charge in [0.05, 0.1) is 0 Å². The molecule has 0 atom stereocenters. The molecule has 0 spiro atoms. The van der Waals surface area contributed by atoms with Gasteiger partial charge in [0.1, 0.15) is 5.54 Å². The van der Waals surface area contributed by atoms with Gasteiger partial charge in [-0.2, -0.15) is 0 Å². The van der Waals surface area contributed by atoms with Crippen LogP contribution in [-0.4, -0.2) is 28.4 Å². The maximum atomic E-state index is 12.4. The molecular formula is C17H20N2O4. The van der Waals surface area contributed by atoms with Gasteiger partial charge in [-0.15, -0.1) is 0 Å². The molecule has 23 heavy (non-hydrogen) atoms. The van der Waals surface area contributed by atoms with E-state index in [1.54, 1.807) is 24.3 Å². The molecule has 0 radical (unpaired) electrons. The molecule has 2 amide bonds. The maximum absolute atomic E-state index is 12.4. The van der Waals surface area contributed by atoms with Crippen molar-refractivity contribution in [1.82, 2.24) is 5.32 Å². The zero-order chi connectivity index (χ0) is 16.4. The lowest BCUT2D eigenvalue weighted by Crippen LogP contribution is -2.52. The van der Waals surface area contributed by atoms with Crippen molar-refractivity contribution in [2.24, 2.45) is 5.92 Å². The van der Waals surface area contributed by atoms with Crippen LogP contribution in [0.3, 0.4) is 0 Å².